The van der Waals surface area contributed by atoms with Crippen molar-refractivity contribution in [3.63, 3.8) is 0 Å². The van der Waals surface area contributed by atoms with Gasteiger partial charge in [0.05, 0.1) is 5.56 Å². The van der Waals surface area contributed by atoms with E-state index >= 15 is 0 Å². The maximum Gasteiger partial charge on any atom is 0.255 e. The minimum Gasteiger partial charge on any atom is -0.491 e. The second-order valence-corrected chi connectivity index (χ2v) is 6.86. The van der Waals surface area contributed by atoms with E-state index in [1.807, 2.05) is 38.4 Å². The molecule has 1 aromatic carbocycles. The summed E-state index contributed by atoms with van der Waals surface area (Å²) < 4.78 is 5.80. The third-order valence-corrected chi connectivity index (χ3v) is 4.72. The number of halogens is 2. The van der Waals surface area contributed by atoms with Crippen LogP contribution in [0.25, 0.3) is 0 Å². The molecule has 26 heavy (non-hydrogen) atoms. The zero-order chi connectivity index (χ0) is 17.4. The average Bonchev–Trinajstić information content (AvgIpc) is 2.60. The molecule has 1 fully saturated rings. The van der Waals surface area contributed by atoms with Gasteiger partial charge in [-0.1, -0.05) is 31.4 Å². The average molecular weight is 406 g/mol. The minimum absolute atomic E-state index is 0. The zero-order valence-electron chi connectivity index (χ0n) is 15.8. The van der Waals surface area contributed by atoms with Crippen molar-refractivity contribution >= 4 is 30.7 Å². The van der Waals surface area contributed by atoms with Crippen molar-refractivity contribution in [1.82, 2.24) is 10.2 Å². The molecule has 0 aromatic heterocycles. The van der Waals surface area contributed by atoms with Crippen LogP contribution in [0.5, 0.6) is 5.75 Å². The Hall–Kier alpha value is -1.01. The summed E-state index contributed by atoms with van der Waals surface area (Å²) in [5.41, 5.74) is 6.52. The van der Waals surface area contributed by atoms with Crippen molar-refractivity contribution in [2.75, 3.05) is 33.8 Å². The van der Waals surface area contributed by atoms with Crippen LogP contribution >= 0.6 is 24.8 Å². The van der Waals surface area contributed by atoms with Gasteiger partial charge in [0.25, 0.3) is 5.91 Å². The molecule has 1 aliphatic rings. The topological polar surface area (TPSA) is 67.6 Å². The fourth-order valence-electron chi connectivity index (χ4n) is 3.27. The summed E-state index contributed by atoms with van der Waals surface area (Å²) in [4.78, 5) is 14.8. The number of para-hydroxylation sites is 1. The largest absolute Gasteiger partial charge is 0.491 e. The molecule has 0 saturated heterocycles. The van der Waals surface area contributed by atoms with Crippen LogP contribution in [0, 0.1) is 5.92 Å². The molecule has 1 aromatic rings. The number of rotatable bonds is 8. The highest BCUT2D eigenvalue weighted by Crippen LogP contribution is 2.27. The summed E-state index contributed by atoms with van der Waals surface area (Å²) in [6, 6.07) is 7.47. The Kier molecular flexibility index (Phi) is 12.7. The summed E-state index contributed by atoms with van der Waals surface area (Å²) in [5, 5.41) is 3.14. The van der Waals surface area contributed by atoms with Crippen molar-refractivity contribution in [3.05, 3.63) is 29.8 Å². The SMILES string of the molecule is CN(C)CCOc1ccccc1C(=O)NC(CN)C1CCCCC1.Cl.Cl. The first-order chi connectivity index (χ1) is 11.6. The van der Waals surface area contributed by atoms with E-state index in [-0.39, 0.29) is 36.8 Å². The third-order valence-electron chi connectivity index (χ3n) is 4.72. The lowest BCUT2D eigenvalue weighted by Crippen LogP contribution is -2.46. The van der Waals surface area contributed by atoms with Gasteiger partial charge in [0.1, 0.15) is 12.4 Å². The van der Waals surface area contributed by atoms with E-state index in [0.29, 0.717) is 30.4 Å². The maximum atomic E-state index is 12.7. The van der Waals surface area contributed by atoms with Crippen LogP contribution in [0.3, 0.4) is 0 Å². The van der Waals surface area contributed by atoms with Gasteiger partial charge in [-0.15, -0.1) is 24.8 Å². The lowest BCUT2D eigenvalue weighted by molar-refractivity contribution is 0.0911. The van der Waals surface area contributed by atoms with Crippen molar-refractivity contribution in [2.24, 2.45) is 11.7 Å². The van der Waals surface area contributed by atoms with Crippen LogP contribution in [0.1, 0.15) is 42.5 Å². The van der Waals surface area contributed by atoms with Gasteiger partial charge in [-0.05, 0) is 45.0 Å². The molecule has 0 bridgehead atoms. The first-order valence-corrected chi connectivity index (χ1v) is 8.99. The molecule has 5 nitrogen and oxygen atoms in total. The number of nitrogens with one attached hydrogen (secondary N) is 1. The lowest BCUT2D eigenvalue weighted by atomic mass is 9.84. The number of hydrogen-bond donors (Lipinski definition) is 2. The summed E-state index contributed by atoms with van der Waals surface area (Å²) >= 11 is 0. The predicted octanol–water partition coefficient (Wildman–Crippen LogP) is 3.11. The Labute approximate surface area is 169 Å². The highest BCUT2D eigenvalue weighted by atomic mass is 35.5. The first-order valence-electron chi connectivity index (χ1n) is 8.99. The molecule has 0 heterocycles. The van der Waals surface area contributed by atoms with E-state index in [1.54, 1.807) is 0 Å². The highest BCUT2D eigenvalue weighted by Gasteiger charge is 2.25. The normalized spacial score (nSPS) is 15.5. The Bertz CT molecular complexity index is 523. The van der Waals surface area contributed by atoms with Gasteiger partial charge in [0.15, 0.2) is 0 Å². The second-order valence-electron chi connectivity index (χ2n) is 6.86. The quantitative estimate of drug-likeness (QED) is 0.696. The lowest BCUT2D eigenvalue weighted by Gasteiger charge is -2.30. The molecule has 1 aliphatic carbocycles. The van der Waals surface area contributed by atoms with Gasteiger partial charge in [-0.3, -0.25) is 4.79 Å². The van der Waals surface area contributed by atoms with Crippen LogP contribution in [-0.2, 0) is 0 Å². The number of benzene rings is 1. The summed E-state index contributed by atoms with van der Waals surface area (Å²) in [6.07, 6.45) is 6.08. The van der Waals surface area contributed by atoms with Crippen molar-refractivity contribution in [3.8, 4) is 5.75 Å². The van der Waals surface area contributed by atoms with Crippen LogP contribution in [0.15, 0.2) is 24.3 Å². The first kappa shape index (κ1) is 25.0. The molecule has 3 N–H and O–H groups in total. The smallest absolute Gasteiger partial charge is 0.255 e. The second kappa shape index (κ2) is 13.2. The molecule has 1 amide bonds. The molecule has 0 radical (unpaired) electrons. The van der Waals surface area contributed by atoms with Crippen LogP contribution < -0.4 is 15.8 Å². The molecule has 1 atom stereocenters. The molecule has 7 heteroatoms. The predicted molar refractivity (Wildman–Crippen MR) is 112 cm³/mol. The summed E-state index contributed by atoms with van der Waals surface area (Å²) in [7, 11) is 4.00. The van der Waals surface area contributed by atoms with Gasteiger partial charge in [0, 0.05) is 19.1 Å². The Balaban J connectivity index is 0.00000312. The van der Waals surface area contributed by atoms with Gasteiger partial charge < -0.3 is 20.7 Å². The third kappa shape index (κ3) is 7.70. The monoisotopic (exact) mass is 405 g/mol. The molecule has 0 aliphatic heterocycles. The van der Waals surface area contributed by atoms with Gasteiger partial charge in [-0.25, -0.2) is 0 Å². The molecular weight excluding hydrogens is 373 g/mol. The van der Waals surface area contributed by atoms with E-state index in [9.17, 15) is 4.79 Å². The molecule has 1 unspecified atom stereocenters. The van der Waals surface area contributed by atoms with Crippen LogP contribution in [-0.4, -0.2) is 50.6 Å². The van der Waals surface area contributed by atoms with Gasteiger partial charge in [0.2, 0.25) is 0 Å². The molecule has 2 rings (SSSR count). The van der Waals surface area contributed by atoms with E-state index < -0.39 is 0 Å². The van der Waals surface area contributed by atoms with Crippen LogP contribution in [0.4, 0.5) is 0 Å². The van der Waals surface area contributed by atoms with Crippen molar-refractivity contribution in [2.45, 2.75) is 38.1 Å². The van der Waals surface area contributed by atoms with E-state index in [2.05, 4.69) is 10.2 Å². The molecule has 0 spiro atoms. The number of nitrogens with two attached hydrogens (primary N) is 1. The van der Waals surface area contributed by atoms with Crippen molar-refractivity contribution < 1.29 is 9.53 Å². The van der Waals surface area contributed by atoms with Gasteiger partial charge >= 0.3 is 0 Å². The van der Waals surface area contributed by atoms with Crippen molar-refractivity contribution in [1.29, 1.82) is 0 Å². The molecular formula is C19H33Cl2N3O2. The molecule has 150 valence electrons. The summed E-state index contributed by atoms with van der Waals surface area (Å²) in [6.45, 7) is 1.85. The fraction of sp³-hybridized carbons (Fsp3) is 0.632. The molecule has 1 saturated carbocycles. The minimum atomic E-state index is -0.0866. The van der Waals surface area contributed by atoms with Crippen LogP contribution in [0.2, 0.25) is 0 Å². The number of likely N-dealkylation sites (N-methyl/N-ethyl adjacent to an activating group) is 1. The number of amides is 1. The fourth-order valence-corrected chi connectivity index (χ4v) is 3.27. The standard InChI is InChI=1S/C19H31N3O2.2ClH/c1-22(2)12-13-24-18-11-7-6-10-16(18)19(23)21-17(14-20)15-8-4-3-5-9-15;;/h6-7,10-11,15,17H,3-5,8-9,12-14,20H2,1-2H3,(H,21,23);2*1H. The van der Waals surface area contributed by atoms with E-state index in [0.717, 1.165) is 19.4 Å². The number of nitrogens with zero attached hydrogens (tertiary/aromatic N) is 1. The maximum absolute atomic E-state index is 12.7. The Morgan fingerprint density at radius 2 is 1.88 bits per heavy atom. The van der Waals surface area contributed by atoms with Gasteiger partial charge in [-0.2, -0.15) is 0 Å². The zero-order valence-corrected chi connectivity index (χ0v) is 17.4. The number of ether oxygens (including phenoxy) is 1. The highest BCUT2D eigenvalue weighted by molar-refractivity contribution is 5.97. The number of hydrogen-bond acceptors (Lipinski definition) is 4. The Morgan fingerprint density at radius 1 is 1.23 bits per heavy atom. The number of carbonyl (C=O) groups is 1. The van der Waals surface area contributed by atoms with E-state index in [1.165, 1.54) is 19.3 Å². The van der Waals surface area contributed by atoms with E-state index in [4.69, 9.17) is 10.5 Å². The summed E-state index contributed by atoms with van der Waals surface area (Å²) in [5.74, 6) is 1.04. The Morgan fingerprint density at radius 3 is 2.50 bits per heavy atom. The number of carbonyl (C=O) groups excluding carboxylic acids is 1.